The summed E-state index contributed by atoms with van der Waals surface area (Å²) in [5.74, 6) is 1.73. The van der Waals surface area contributed by atoms with Gasteiger partial charge in [-0.1, -0.05) is 0 Å². The first-order valence-electron chi connectivity index (χ1n) is 5.58. The van der Waals surface area contributed by atoms with Crippen molar-refractivity contribution in [1.29, 1.82) is 0 Å². The molecule has 3 aliphatic rings. The number of hydrogen-bond donors (Lipinski definition) is 0. The first-order chi connectivity index (χ1) is 7.58. The number of amidine groups is 1. The van der Waals surface area contributed by atoms with Crippen LogP contribution in [0.1, 0.15) is 20.3 Å². The van der Waals surface area contributed by atoms with E-state index in [1.807, 2.05) is 0 Å². The summed E-state index contributed by atoms with van der Waals surface area (Å²) in [5, 5.41) is 0. The molecule has 2 nitrogen and oxygen atoms in total. The van der Waals surface area contributed by atoms with E-state index in [2.05, 4.69) is 58.7 Å². The zero-order chi connectivity index (χ0) is 11.3. The molecule has 4 heteroatoms. The average molecular weight is 297 g/mol. The van der Waals surface area contributed by atoms with Crippen molar-refractivity contribution < 1.29 is 0 Å². The van der Waals surface area contributed by atoms with Gasteiger partial charge in [-0.15, -0.1) is 0 Å². The predicted molar refractivity (Wildman–Crippen MR) is 71.9 cm³/mol. The van der Waals surface area contributed by atoms with Crippen molar-refractivity contribution in [2.45, 2.75) is 26.1 Å². The molecule has 16 heavy (non-hydrogen) atoms. The van der Waals surface area contributed by atoms with E-state index in [0.717, 1.165) is 18.4 Å². The Hall–Kier alpha value is -0.361. The number of allylic oxidation sites excluding steroid dienone is 3. The van der Waals surface area contributed by atoms with E-state index in [4.69, 9.17) is 4.76 Å². The molecule has 0 amide bonds. The summed E-state index contributed by atoms with van der Waals surface area (Å²) >= 11 is 3.42. The third-order valence-corrected chi connectivity index (χ3v) is 8.96. The minimum absolute atomic E-state index is 0.576. The molecule has 0 aromatic heterocycles. The minimum atomic E-state index is -1.28. The molecule has 0 spiro atoms. The SMILES string of the molecule is CC1=CN2C(=N[P+]3([Se-])CC=C(C)C[C@@H]23)C=C1. The van der Waals surface area contributed by atoms with Gasteiger partial charge in [0.2, 0.25) is 0 Å². The van der Waals surface area contributed by atoms with Gasteiger partial charge in [-0.25, -0.2) is 0 Å². The van der Waals surface area contributed by atoms with Crippen LogP contribution in [0, 0.1) is 0 Å². The molecule has 0 aromatic rings. The topological polar surface area (TPSA) is 15.6 Å². The van der Waals surface area contributed by atoms with Crippen molar-refractivity contribution in [3.8, 4) is 0 Å². The van der Waals surface area contributed by atoms with Gasteiger partial charge in [-0.2, -0.15) is 0 Å². The molecule has 0 saturated carbocycles. The molecule has 1 unspecified atom stereocenters. The second kappa shape index (κ2) is 3.57. The molecular weight excluding hydrogens is 282 g/mol. The van der Waals surface area contributed by atoms with Gasteiger partial charge in [0, 0.05) is 0 Å². The van der Waals surface area contributed by atoms with Crippen LogP contribution in [0.5, 0.6) is 0 Å². The van der Waals surface area contributed by atoms with Crippen molar-refractivity contribution in [1.82, 2.24) is 4.90 Å². The molecule has 3 aliphatic heterocycles. The van der Waals surface area contributed by atoms with Crippen LogP contribution in [-0.2, 0) is 0 Å². The maximum atomic E-state index is 4.96. The normalized spacial score (nSPS) is 36.3. The summed E-state index contributed by atoms with van der Waals surface area (Å²) in [7, 11) is 0. The molecule has 0 bridgehead atoms. The predicted octanol–water partition coefficient (Wildman–Crippen LogP) is 2.87. The van der Waals surface area contributed by atoms with Gasteiger partial charge in [-0.3, -0.25) is 0 Å². The Morgan fingerprint density at radius 1 is 1.44 bits per heavy atom. The summed E-state index contributed by atoms with van der Waals surface area (Å²) in [4.78, 5) is 2.39. The van der Waals surface area contributed by atoms with E-state index in [9.17, 15) is 0 Å². The number of fused-ring (bicyclic) bond motifs is 3. The van der Waals surface area contributed by atoms with Crippen molar-refractivity contribution in [2.24, 2.45) is 4.76 Å². The Morgan fingerprint density at radius 2 is 2.25 bits per heavy atom. The van der Waals surface area contributed by atoms with Gasteiger partial charge in [0.05, 0.1) is 0 Å². The zero-order valence-electron chi connectivity index (χ0n) is 9.55. The van der Waals surface area contributed by atoms with Crippen molar-refractivity contribution in [3.05, 3.63) is 35.6 Å². The average Bonchev–Trinajstić information content (AvgIpc) is 2.52. The van der Waals surface area contributed by atoms with Gasteiger partial charge in [-0.05, 0) is 0 Å². The third kappa shape index (κ3) is 1.54. The quantitative estimate of drug-likeness (QED) is 0.381. The first-order valence-corrected chi connectivity index (χ1v) is 9.79. The van der Waals surface area contributed by atoms with Crippen molar-refractivity contribution in [3.63, 3.8) is 0 Å². The summed E-state index contributed by atoms with van der Waals surface area (Å²) in [5.41, 5.74) is 2.83. The first kappa shape index (κ1) is 10.8. The summed E-state index contributed by atoms with van der Waals surface area (Å²) < 4.78 is 4.96. The molecule has 84 valence electrons. The van der Waals surface area contributed by atoms with Crippen LogP contribution < -0.4 is 0 Å². The van der Waals surface area contributed by atoms with Crippen LogP contribution in [0.15, 0.2) is 40.3 Å². The molecule has 0 N–H and O–H groups in total. The van der Waals surface area contributed by atoms with E-state index in [-0.39, 0.29) is 0 Å². The van der Waals surface area contributed by atoms with Crippen molar-refractivity contribution in [2.75, 3.05) is 6.16 Å². The van der Waals surface area contributed by atoms with Gasteiger partial charge in [0.15, 0.2) is 0 Å². The Morgan fingerprint density at radius 3 is 3.06 bits per heavy atom. The standard InChI is InChI=1S/C12H15N2PSe/c1-9-5-6-15(16)12(7-9)14-8-10(2)3-4-11(14)13-15/h3-5,8,12H,6-7H2,1-2H3/t12-,15?/m0/s1. The molecule has 0 saturated heterocycles. The summed E-state index contributed by atoms with van der Waals surface area (Å²) in [6, 6.07) is 0. The van der Waals surface area contributed by atoms with E-state index >= 15 is 0 Å². The second-order valence-electron chi connectivity index (χ2n) is 4.75. The number of nitrogens with zero attached hydrogens (tertiary/aromatic N) is 2. The molecule has 0 radical (unpaired) electrons. The van der Waals surface area contributed by atoms with Crippen LogP contribution in [0.3, 0.4) is 0 Å². The Bertz CT molecular complexity index is 464. The monoisotopic (exact) mass is 298 g/mol. The van der Waals surface area contributed by atoms with Gasteiger partial charge in [0.1, 0.15) is 0 Å². The van der Waals surface area contributed by atoms with Crippen LogP contribution in [-0.4, -0.2) is 38.3 Å². The molecule has 0 fully saturated rings. The Balaban J connectivity index is 2.02. The van der Waals surface area contributed by atoms with Crippen LogP contribution in [0.4, 0.5) is 0 Å². The molecule has 0 aromatic carbocycles. The molecule has 2 atom stereocenters. The molecule has 3 heterocycles. The van der Waals surface area contributed by atoms with E-state index in [0.29, 0.717) is 5.78 Å². The van der Waals surface area contributed by atoms with Crippen molar-refractivity contribution >= 4 is 27.5 Å². The number of hydrogen-bond acceptors (Lipinski definition) is 2. The van der Waals surface area contributed by atoms with E-state index < -0.39 is 6.10 Å². The Labute approximate surface area is 105 Å². The molecule has 0 aliphatic carbocycles. The third-order valence-electron chi connectivity index (χ3n) is 3.37. The molecular formula is C12H15N2PSe. The Kier molecular flexibility index (Phi) is 2.40. The maximum absolute atomic E-state index is 4.96. The van der Waals surface area contributed by atoms with Gasteiger partial charge in [0.25, 0.3) is 0 Å². The van der Waals surface area contributed by atoms with Crippen LogP contribution in [0.25, 0.3) is 0 Å². The second-order valence-corrected chi connectivity index (χ2v) is 11.4. The summed E-state index contributed by atoms with van der Waals surface area (Å²) in [6.07, 6.45) is 9.93. The van der Waals surface area contributed by atoms with Gasteiger partial charge >= 0.3 is 105 Å². The van der Waals surface area contributed by atoms with Crippen LogP contribution in [0.2, 0.25) is 0 Å². The van der Waals surface area contributed by atoms with E-state index in [1.54, 1.807) is 0 Å². The fourth-order valence-corrected chi connectivity index (χ4v) is 7.24. The summed E-state index contributed by atoms with van der Waals surface area (Å²) in [6.45, 7) is 4.38. The fourth-order valence-electron chi connectivity index (χ4n) is 2.44. The van der Waals surface area contributed by atoms with Gasteiger partial charge < -0.3 is 0 Å². The number of rotatable bonds is 0. The fraction of sp³-hybridized carbons (Fsp3) is 0.417. The zero-order valence-corrected chi connectivity index (χ0v) is 12.2. The van der Waals surface area contributed by atoms with Crippen LogP contribution >= 0.6 is 6.10 Å². The molecule has 3 rings (SSSR count). The van der Waals surface area contributed by atoms with E-state index in [1.165, 1.54) is 11.1 Å².